The molecule has 0 amide bonds. The van der Waals surface area contributed by atoms with Gasteiger partial charge in [-0.25, -0.2) is 0 Å². The lowest BCUT2D eigenvalue weighted by atomic mass is 9.94. The van der Waals surface area contributed by atoms with E-state index in [1.165, 1.54) is 0 Å². The first-order valence-corrected chi connectivity index (χ1v) is 5.11. The number of carbonyl (C=O) groups excluding carboxylic acids is 1. The van der Waals surface area contributed by atoms with E-state index in [0.29, 0.717) is 11.4 Å². The average molecular weight is 212 g/mol. The number of carbonyl (C=O) groups is 1. The summed E-state index contributed by atoms with van der Waals surface area (Å²) < 4.78 is 0. The third-order valence-corrected chi connectivity index (χ3v) is 2.73. The van der Waals surface area contributed by atoms with Gasteiger partial charge in [0, 0.05) is 18.3 Å². The molecule has 0 aliphatic heterocycles. The van der Waals surface area contributed by atoms with E-state index in [0.717, 1.165) is 12.0 Å². The summed E-state index contributed by atoms with van der Waals surface area (Å²) in [5, 5.41) is 0.646. The molecule has 1 aromatic rings. The summed E-state index contributed by atoms with van der Waals surface area (Å²) in [5.41, 5.74) is 1.00. The number of aromatic nitrogens is 1. The van der Waals surface area contributed by atoms with Gasteiger partial charge in [-0.1, -0.05) is 18.5 Å². The Balaban J connectivity index is 2.77. The van der Waals surface area contributed by atoms with Gasteiger partial charge >= 0.3 is 0 Å². The molecule has 0 spiro atoms. The topological polar surface area (TPSA) is 30.0 Å². The maximum Gasteiger partial charge on any atom is 0.133 e. The minimum Gasteiger partial charge on any atom is -0.300 e. The number of pyridine rings is 1. The zero-order valence-electron chi connectivity index (χ0n) is 8.46. The number of ketones is 1. The first-order chi connectivity index (χ1) is 6.65. The van der Waals surface area contributed by atoms with E-state index in [1.807, 2.05) is 13.0 Å². The van der Waals surface area contributed by atoms with Crippen LogP contribution < -0.4 is 0 Å². The maximum atomic E-state index is 11.2. The second-order valence-corrected chi connectivity index (χ2v) is 3.79. The Bertz CT molecular complexity index is 325. The van der Waals surface area contributed by atoms with Crippen LogP contribution in [0, 0.1) is 5.92 Å². The quantitative estimate of drug-likeness (QED) is 0.767. The molecule has 14 heavy (non-hydrogen) atoms. The first-order valence-electron chi connectivity index (χ1n) is 4.74. The monoisotopic (exact) mass is 211 g/mol. The molecule has 0 bridgehead atoms. The van der Waals surface area contributed by atoms with Crippen LogP contribution in [0.1, 0.15) is 25.8 Å². The molecule has 3 heteroatoms. The fraction of sp³-hybridized carbons (Fsp3) is 0.455. The van der Waals surface area contributed by atoms with Gasteiger partial charge in [0.2, 0.25) is 0 Å². The largest absolute Gasteiger partial charge is 0.300 e. The maximum absolute atomic E-state index is 11.2. The van der Waals surface area contributed by atoms with Crippen molar-refractivity contribution in [2.45, 2.75) is 26.7 Å². The Labute approximate surface area is 89.3 Å². The number of rotatable bonds is 4. The van der Waals surface area contributed by atoms with E-state index in [1.54, 1.807) is 19.3 Å². The van der Waals surface area contributed by atoms with Gasteiger partial charge in [-0.05, 0) is 31.4 Å². The summed E-state index contributed by atoms with van der Waals surface area (Å²) in [6.07, 6.45) is 4.89. The molecule has 1 aromatic heterocycles. The summed E-state index contributed by atoms with van der Waals surface area (Å²) in [7, 11) is 0. The lowest BCUT2D eigenvalue weighted by Crippen LogP contribution is -2.13. The molecule has 0 aliphatic carbocycles. The highest BCUT2D eigenvalue weighted by Gasteiger charge is 2.13. The van der Waals surface area contributed by atoms with Crippen molar-refractivity contribution in [3.63, 3.8) is 0 Å². The van der Waals surface area contributed by atoms with Crippen molar-refractivity contribution in [2.24, 2.45) is 5.92 Å². The molecule has 1 heterocycles. The normalized spacial score (nSPS) is 12.5. The molecule has 0 fully saturated rings. The smallest absolute Gasteiger partial charge is 0.133 e. The summed E-state index contributed by atoms with van der Waals surface area (Å²) in [6, 6.07) is 1.87. The van der Waals surface area contributed by atoms with Gasteiger partial charge < -0.3 is 0 Å². The standard InChI is InChI=1S/C11H14ClNO/c1-3-9(8(2)14)6-10-4-5-13-7-11(10)12/h4-5,7,9H,3,6H2,1-2H3. The third kappa shape index (κ3) is 2.81. The van der Waals surface area contributed by atoms with Gasteiger partial charge in [-0.2, -0.15) is 0 Å². The molecular formula is C11H14ClNO. The van der Waals surface area contributed by atoms with E-state index >= 15 is 0 Å². The lowest BCUT2D eigenvalue weighted by molar-refractivity contribution is -0.120. The van der Waals surface area contributed by atoms with E-state index in [2.05, 4.69) is 4.98 Å². The molecule has 0 aliphatic rings. The van der Waals surface area contributed by atoms with Crippen molar-refractivity contribution in [3.05, 3.63) is 29.0 Å². The molecule has 0 radical (unpaired) electrons. The minimum absolute atomic E-state index is 0.0786. The molecule has 0 saturated carbocycles. The van der Waals surface area contributed by atoms with Gasteiger partial charge in [-0.3, -0.25) is 9.78 Å². The molecule has 1 rings (SSSR count). The zero-order valence-corrected chi connectivity index (χ0v) is 9.21. The zero-order chi connectivity index (χ0) is 10.6. The van der Waals surface area contributed by atoms with Gasteiger partial charge in [-0.15, -0.1) is 0 Å². The average Bonchev–Trinajstić information content (AvgIpc) is 2.16. The van der Waals surface area contributed by atoms with Gasteiger partial charge in [0.15, 0.2) is 0 Å². The Morgan fingerprint density at radius 2 is 2.36 bits per heavy atom. The predicted octanol–water partition coefficient (Wildman–Crippen LogP) is 2.89. The Morgan fingerprint density at radius 1 is 1.64 bits per heavy atom. The minimum atomic E-state index is 0.0786. The van der Waals surface area contributed by atoms with Crippen LogP contribution in [-0.2, 0) is 11.2 Å². The van der Waals surface area contributed by atoms with Crippen LogP contribution in [0.5, 0.6) is 0 Å². The Hall–Kier alpha value is -0.890. The highest BCUT2D eigenvalue weighted by Crippen LogP contribution is 2.19. The molecule has 2 nitrogen and oxygen atoms in total. The lowest BCUT2D eigenvalue weighted by Gasteiger charge is -2.11. The van der Waals surface area contributed by atoms with Crippen molar-refractivity contribution in [1.82, 2.24) is 4.98 Å². The molecule has 76 valence electrons. The fourth-order valence-corrected chi connectivity index (χ4v) is 1.61. The van der Waals surface area contributed by atoms with E-state index in [4.69, 9.17) is 11.6 Å². The van der Waals surface area contributed by atoms with Crippen LogP contribution in [0.15, 0.2) is 18.5 Å². The third-order valence-electron chi connectivity index (χ3n) is 2.39. The van der Waals surface area contributed by atoms with Gasteiger partial charge in [0.25, 0.3) is 0 Å². The van der Waals surface area contributed by atoms with E-state index < -0.39 is 0 Å². The summed E-state index contributed by atoms with van der Waals surface area (Å²) in [4.78, 5) is 15.1. The van der Waals surface area contributed by atoms with Gasteiger partial charge in [0.1, 0.15) is 5.78 Å². The molecule has 0 saturated heterocycles. The van der Waals surface area contributed by atoms with Crippen molar-refractivity contribution in [1.29, 1.82) is 0 Å². The van der Waals surface area contributed by atoms with Gasteiger partial charge in [0.05, 0.1) is 5.02 Å². The predicted molar refractivity (Wildman–Crippen MR) is 57.4 cm³/mol. The van der Waals surface area contributed by atoms with Crippen molar-refractivity contribution in [2.75, 3.05) is 0 Å². The SMILES string of the molecule is CCC(Cc1ccncc1Cl)C(C)=O. The Kier molecular flexibility index (Phi) is 4.08. The van der Waals surface area contributed by atoms with Crippen molar-refractivity contribution < 1.29 is 4.79 Å². The summed E-state index contributed by atoms with van der Waals surface area (Å²) in [5.74, 6) is 0.301. The molecule has 0 aromatic carbocycles. The molecule has 1 unspecified atom stereocenters. The number of hydrogen-bond acceptors (Lipinski definition) is 2. The highest BCUT2D eigenvalue weighted by atomic mass is 35.5. The van der Waals surface area contributed by atoms with Crippen LogP contribution in [0.2, 0.25) is 5.02 Å². The van der Waals surface area contributed by atoms with Crippen molar-refractivity contribution in [3.8, 4) is 0 Å². The second-order valence-electron chi connectivity index (χ2n) is 3.39. The number of Topliss-reactive ketones (excluding diaryl/α,β-unsaturated/α-hetero) is 1. The van der Waals surface area contributed by atoms with E-state index in [-0.39, 0.29) is 11.7 Å². The summed E-state index contributed by atoms with van der Waals surface area (Å²) >= 11 is 5.96. The molecule has 1 atom stereocenters. The summed E-state index contributed by atoms with van der Waals surface area (Å²) in [6.45, 7) is 3.64. The molecular weight excluding hydrogens is 198 g/mol. The fourth-order valence-electron chi connectivity index (χ4n) is 1.41. The number of nitrogens with zero attached hydrogens (tertiary/aromatic N) is 1. The Morgan fingerprint density at radius 3 is 2.86 bits per heavy atom. The number of halogens is 1. The van der Waals surface area contributed by atoms with Crippen LogP contribution in [0.4, 0.5) is 0 Å². The van der Waals surface area contributed by atoms with Crippen LogP contribution in [-0.4, -0.2) is 10.8 Å². The first kappa shape index (κ1) is 11.2. The molecule has 0 N–H and O–H groups in total. The second kappa shape index (κ2) is 5.11. The highest BCUT2D eigenvalue weighted by molar-refractivity contribution is 6.31. The van der Waals surface area contributed by atoms with Crippen LogP contribution in [0.3, 0.4) is 0 Å². The van der Waals surface area contributed by atoms with Crippen LogP contribution in [0.25, 0.3) is 0 Å². The van der Waals surface area contributed by atoms with E-state index in [9.17, 15) is 4.79 Å². The van der Waals surface area contributed by atoms with Crippen molar-refractivity contribution >= 4 is 17.4 Å². The van der Waals surface area contributed by atoms with Crippen LogP contribution >= 0.6 is 11.6 Å². The number of hydrogen-bond donors (Lipinski definition) is 0.